The number of hydrogen-bond acceptors (Lipinski definition) is 6. The van der Waals surface area contributed by atoms with Crippen LogP contribution in [0.3, 0.4) is 0 Å². The highest BCUT2D eigenvalue weighted by molar-refractivity contribution is 9.10. The molecule has 3 rings (SSSR count). The van der Waals surface area contributed by atoms with E-state index in [9.17, 15) is 9.59 Å². The topological polar surface area (TPSA) is 86.1 Å². The summed E-state index contributed by atoms with van der Waals surface area (Å²) >= 11 is 4.64. The summed E-state index contributed by atoms with van der Waals surface area (Å²) in [5.74, 6) is 1.02. The molecule has 1 heterocycles. The highest BCUT2D eigenvalue weighted by Crippen LogP contribution is 2.24. The molecule has 7 nitrogen and oxygen atoms in total. The van der Waals surface area contributed by atoms with Crippen molar-refractivity contribution in [1.29, 1.82) is 0 Å². The first-order chi connectivity index (χ1) is 15.0. The largest absolute Gasteiger partial charge is 0.495 e. The first-order valence-electron chi connectivity index (χ1n) is 9.39. The predicted molar refractivity (Wildman–Crippen MR) is 125 cm³/mol. The Morgan fingerprint density at radius 2 is 1.94 bits per heavy atom. The number of hydrogen-bond donors (Lipinski definition) is 1. The van der Waals surface area contributed by atoms with Crippen LogP contribution in [0.2, 0.25) is 0 Å². The number of thioether (sulfide) groups is 1. The van der Waals surface area contributed by atoms with Crippen LogP contribution < -0.4 is 10.1 Å². The number of carbonyl (C=O) groups is 2. The van der Waals surface area contributed by atoms with Gasteiger partial charge >= 0.3 is 0 Å². The lowest BCUT2D eigenvalue weighted by Gasteiger charge is -2.10. The number of ether oxygens (including phenoxy) is 1. The van der Waals surface area contributed by atoms with Gasteiger partial charge in [0.15, 0.2) is 10.9 Å². The fourth-order valence-corrected chi connectivity index (χ4v) is 3.93. The maximum absolute atomic E-state index is 12.6. The molecule has 1 aromatic heterocycles. The molecule has 160 valence electrons. The molecule has 31 heavy (non-hydrogen) atoms. The molecule has 9 heteroatoms. The zero-order chi connectivity index (χ0) is 22.2. The van der Waals surface area contributed by atoms with Crippen molar-refractivity contribution in [1.82, 2.24) is 14.8 Å². The molecule has 0 radical (unpaired) electrons. The van der Waals surface area contributed by atoms with E-state index in [0.717, 1.165) is 4.47 Å². The van der Waals surface area contributed by atoms with Gasteiger partial charge in [0, 0.05) is 16.6 Å². The Morgan fingerprint density at radius 1 is 1.19 bits per heavy atom. The summed E-state index contributed by atoms with van der Waals surface area (Å²) in [6, 6.07) is 14.4. The van der Waals surface area contributed by atoms with Crippen molar-refractivity contribution in [2.45, 2.75) is 18.1 Å². The van der Waals surface area contributed by atoms with Gasteiger partial charge in [0.05, 0.1) is 25.0 Å². The van der Waals surface area contributed by atoms with Crippen molar-refractivity contribution >= 4 is 45.1 Å². The smallest absolute Gasteiger partial charge is 0.232 e. The zero-order valence-corrected chi connectivity index (χ0v) is 19.3. The molecule has 0 atom stereocenters. The van der Waals surface area contributed by atoms with Gasteiger partial charge in [0.2, 0.25) is 5.91 Å². The Labute approximate surface area is 193 Å². The maximum atomic E-state index is 12.6. The molecular formula is C22H21BrN4O3S. The Hall–Kier alpha value is -2.91. The van der Waals surface area contributed by atoms with Crippen molar-refractivity contribution in [3.63, 3.8) is 0 Å². The minimum Gasteiger partial charge on any atom is -0.495 e. The molecule has 0 saturated heterocycles. The van der Waals surface area contributed by atoms with Gasteiger partial charge < -0.3 is 14.6 Å². The van der Waals surface area contributed by atoms with E-state index in [4.69, 9.17) is 4.74 Å². The van der Waals surface area contributed by atoms with Crippen molar-refractivity contribution in [3.8, 4) is 5.75 Å². The highest BCUT2D eigenvalue weighted by atomic mass is 79.9. The molecule has 2 aromatic carbocycles. The molecule has 0 spiro atoms. The first-order valence-corrected chi connectivity index (χ1v) is 11.2. The van der Waals surface area contributed by atoms with E-state index in [1.807, 2.05) is 24.3 Å². The zero-order valence-electron chi connectivity index (χ0n) is 16.9. The van der Waals surface area contributed by atoms with Gasteiger partial charge in [-0.1, -0.05) is 58.0 Å². The van der Waals surface area contributed by atoms with Crippen LogP contribution in [-0.2, 0) is 17.8 Å². The number of rotatable bonds is 10. The average Bonchev–Trinajstić information content (AvgIpc) is 3.14. The monoisotopic (exact) mass is 500 g/mol. The first kappa shape index (κ1) is 22.8. The van der Waals surface area contributed by atoms with Crippen molar-refractivity contribution < 1.29 is 14.3 Å². The Morgan fingerprint density at radius 3 is 2.65 bits per heavy atom. The van der Waals surface area contributed by atoms with Gasteiger partial charge in [0.25, 0.3) is 0 Å². The van der Waals surface area contributed by atoms with Crippen LogP contribution >= 0.6 is 27.7 Å². The second kappa shape index (κ2) is 10.9. The summed E-state index contributed by atoms with van der Waals surface area (Å²) in [7, 11) is 1.55. The van der Waals surface area contributed by atoms with Crippen LogP contribution in [0, 0.1) is 0 Å². The third-order valence-corrected chi connectivity index (χ3v) is 5.80. The van der Waals surface area contributed by atoms with Crippen molar-refractivity contribution in [2.75, 3.05) is 18.2 Å². The second-order valence-corrected chi connectivity index (χ2v) is 8.30. The maximum Gasteiger partial charge on any atom is 0.232 e. The van der Waals surface area contributed by atoms with Crippen LogP contribution in [0.1, 0.15) is 16.2 Å². The number of halogens is 1. The molecule has 0 fully saturated rings. The number of nitrogens with zero attached hydrogens (tertiary/aromatic N) is 3. The van der Waals surface area contributed by atoms with Crippen LogP contribution in [0.15, 0.2) is 70.8 Å². The van der Waals surface area contributed by atoms with E-state index >= 15 is 0 Å². The summed E-state index contributed by atoms with van der Waals surface area (Å²) in [5, 5.41) is 11.7. The van der Waals surface area contributed by atoms with Gasteiger partial charge in [-0.3, -0.25) is 9.59 Å². The van der Waals surface area contributed by atoms with E-state index in [1.165, 1.54) is 11.8 Å². The number of carbonyl (C=O) groups excluding carboxylic acids is 2. The van der Waals surface area contributed by atoms with E-state index < -0.39 is 0 Å². The summed E-state index contributed by atoms with van der Waals surface area (Å²) in [5.41, 5.74) is 1.21. The second-order valence-electron chi connectivity index (χ2n) is 6.44. The summed E-state index contributed by atoms with van der Waals surface area (Å²) < 4.78 is 7.96. The fraction of sp³-hybridized carbons (Fsp3) is 0.182. The number of anilines is 1. The molecule has 0 unspecified atom stereocenters. The molecule has 1 amide bonds. The van der Waals surface area contributed by atoms with Crippen LogP contribution in [0.4, 0.5) is 5.69 Å². The number of methoxy groups -OCH3 is 1. The third-order valence-electron chi connectivity index (χ3n) is 4.30. The van der Waals surface area contributed by atoms with Gasteiger partial charge in [-0.25, -0.2) is 0 Å². The molecule has 0 aliphatic heterocycles. The van der Waals surface area contributed by atoms with E-state index in [-0.39, 0.29) is 23.9 Å². The Bertz CT molecular complexity index is 1080. The van der Waals surface area contributed by atoms with Crippen LogP contribution in [-0.4, -0.2) is 39.3 Å². The molecule has 0 aliphatic rings. The lowest BCUT2D eigenvalue weighted by atomic mass is 10.2. The van der Waals surface area contributed by atoms with Gasteiger partial charge in [0.1, 0.15) is 11.6 Å². The molecule has 0 aliphatic carbocycles. The van der Waals surface area contributed by atoms with Gasteiger partial charge in [-0.2, -0.15) is 0 Å². The number of ketones is 1. The van der Waals surface area contributed by atoms with Crippen molar-refractivity contribution in [3.05, 3.63) is 77.0 Å². The van der Waals surface area contributed by atoms with E-state index in [0.29, 0.717) is 34.5 Å². The minimum atomic E-state index is -0.246. The fourth-order valence-electron chi connectivity index (χ4n) is 2.80. The number of amides is 1. The molecule has 0 bridgehead atoms. The number of allylic oxidation sites excluding steroid dienone is 1. The third kappa shape index (κ3) is 6.05. The summed E-state index contributed by atoms with van der Waals surface area (Å²) in [6.07, 6.45) is 1.73. The number of para-hydroxylation sites is 2. The Kier molecular flexibility index (Phi) is 8.02. The SMILES string of the molecule is C=CCn1c(CC(=O)Nc2ccccc2OC)nnc1SCC(=O)c1ccc(Br)cc1. The van der Waals surface area contributed by atoms with Gasteiger partial charge in [-0.05, 0) is 24.3 Å². The Balaban J connectivity index is 1.68. The van der Waals surface area contributed by atoms with Crippen LogP contribution in [0.25, 0.3) is 0 Å². The highest BCUT2D eigenvalue weighted by Gasteiger charge is 2.17. The normalized spacial score (nSPS) is 10.5. The predicted octanol–water partition coefficient (Wildman–Crippen LogP) is 4.39. The molecular weight excluding hydrogens is 480 g/mol. The lowest BCUT2D eigenvalue weighted by molar-refractivity contribution is -0.115. The van der Waals surface area contributed by atoms with Gasteiger partial charge in [-0.15, -0.1) is 16.8 Å². The molecule has 3 aromatic rings. The number of Topliss-reactive ketones (excluding diaryl/α,β-unsaturated/α-hetero) is 1. The van der Waals surface area contributed by atoms with E-state index in [2.05, 4.69) is 38.0 Å². The standard InChI is InChI=1S/C22H21BrN4O3S/c1-3-12-27-20(13-21(29)24-17-6-4-5-7-19(17)30-2)25-26-22(27)31-14-18(28)15-8-10-16(23)11-9-15/h3-11H,1,12-14H2,2H3,(H,24,29). The summed E-state index contributed by atoms with van der Waals surface area (Å²) in [6.45, 7) is 4.19. The number of aromatic nitrogens is 3. The minimum absolute atomic E-state index is 0.0129. The number of benzene rings is 2. The lowest BCUT2D eigenvalue weighted by Crippen LogP contribution is -2.18. The quantitative estimate of drug-likeness (QED) is 0.252. The number of nitrogens with one attached hydrogen (secondary N) is 1. The summed E-state index contributed by atoms with van der Waals surface area (Å²) in [4.78, 5) is 25.0. The van der Waals surface area contributed by atoms with E-state index in [1.54, 1.807) is 42.0 Å². The van der Waals surface area contributed by atoms with Crippen molar-refractivity contribution in [2.24, 2.45) is 0 Å². The molecule has 1 N–H and O–H groups in total. The molecule has 0 saturated carbocycles. The average molecular weight is 501 g/mol. The van der Waals surface area contributed by atoms with Crippen LogP contribution in [0.5, 0.6) is 5.75 Å².